The minimum Gasteiger partial charge on any atom is -0.316 e. The predicted molar refractivity (Wildman–Crippen MR) is 75.5 cm³/mol. The first-order valence-corrected chi connectivity index (χ1v) is 6.68. The highest BCUT2D eigenvalue weighted by Crippen LogP contribution is 2.25. The van der Waals surface area contributed by atoms with E-state index in [1.54, 1.807) is 7.05 Å². The van der Waals surface area contributed by atoms with Crippen LogP contribution >= 0.6 is 23.2 Å². The van der Waals surface area contributed by atoms with Gasteiger partial charge < -0.3 is 5.32 Å². The van der Waals surface area contributed by atoms with Gasteiger partial charge in [0.25, 0.3) is 0 Å². The first-order valence-electron chi connectivity index (χ1n) is 5.93. The molecule has 0 spiro atoms. The van der Waals surface area contributed by atoms with Gasteiger partial charge in [-0.05, 0) is 36.4 Å². The molecule has 7 heteroatoms. The van der Waals surface area contributed by atoms with Gasteiger partial charge in [0, 0.05) is 22.5 Å². The smallest absolute Gasteiger partial charge is 0.176 e. The van der Waals surface area contributed by atoms with Gasteiger partial charge in [-0.3, -0.25) is 0 Å². The summed E-state index contributed by atoms with van der Waals surface area (Å²) >= 11 is 12.4. The molecule has 2 rings (SSSR count). The van der Waals surface area contributed by atoms with Crippen LogP contribution in [0.1, 0.15) is 11.4 Å². The largest absolute Gasteiger partial charge is 0.316 e. The van der Waals surface area contributed by atoms with Crippen LogP contribution in [0, 0.1) is 0 Å². The minimum atomic E-state index is 0.154. The van der Waals surface area contributed by atoms with Crippen LogP contribution < -0.4 is 5.32 Å². The first-order chi connectivity index (χ1) is 9.10. The molecule has 1 atom stereocenters. The zero-order chi connectivity index (χ0) is 13.8. The van der Waals surface area contributed by atoms with E-state index in [4.69, 9.17) is 23.2 Å². The number of benzene rings is 1. The van der Waals surface area contributed by atoms with Crippen molar-refractivity contribution in [3.8, 4) is 0 Å². The molecule has 0 bridgehead atoms. The Morgan fingerprint density at radius 1 is 1.26 bits per heavy atom. The number of likely N-dealkylation sites (N-methyl/N-ethyl adjacent to an activating group) is 1. The molecule has 0 aliphatic rings. The summed E-state index contributed by atoms with van der Waals surface area (Å²) < 4.78 is 0. The van der Waals surface area contributed by atoms with Gasteiger partial charge in [0.05, 0.1) is 7.05 Å². The Morgan fingerprint density at radius 2 is 1.95 bits per heavy atom. The van der Waals surface area contributed by atoms with Crippen LogP contribution in [0.25, 0.3) is 0 Å². The number of tetrazole rings is 1. The van der Waals surface area contributed by atoms with E-state index in [1.165, 1.54) is 4.80 Å². The highest BCUT2D eigenvalue weighted by molar-refractivity contribution is 6.35. The molecule has 2 aromatic rings. The lowest BCUT2D eigenvalue weighted by Crippen LogP contribution is -2.30. The zero-order valence-corrected chi connectivity index (χ0v) is 12.3. The minimum absolute atomic E-state index is 0.154. The van der Waals surface area contributed by atoms with Crippen molar-refractivity contribution < 1.29 is 0 Å². The van der Waals surface area contributed by atoms with E-state index in [2.05, 4.69) is 20.7 Å². The number of hydrogen-bond acceptors (Lipinski definition) is 4. The van der Waals surface area contributed by atoms with E-state index >= 15 is 0 Å². The Morgan fingerprint density at radius 3 is 2.47 bits per heavy atom. The SMILES string of the molecule is CNC(Cc1nnn(C)n1)Cc1c(Cl)cccc1Cl. The average Bonchev–Trinajstić information content (AvgIpc) is 2.78. The number of rotatable bonds is 5. The topological polar surface area (TPSA) is 55.6 Å². The second kappa shape index (κ2) is 6.32. The number of aromatic nitrogens is 4. The third kappa shape index (κ3) is 3.65. The number of nitrogens with one attached hydrogen (secondary N) is 1. The fourth-order valence-corrected chi connectivity index (χ4v) is 2.43. The molecule has 0 aliphatic heterocycles. The van der Waals surface area contributed by atoms with Gasteiger partial charge in [0.15, 0.2) is 5.82 Å². The molecule has 0 saturated carbocycles. The molecule has 0 amide bonds. The van der Waals surface area contributed by atoms with Crippen molar-refractivity contribution >= 4 is 23.2 Å². The Kier molecular flexibility index (Phi) is 4.74. The van der Waals surface area contributed by atoms with Gasteiger partial charge in [-0.2, -0.15) is 4.80 Å². The molecule has 1 N–H and O–H groups in total. The van der Waals surface area contributed by atoms with Gasteiger partial charge >= 0.3 is 0 Å². The summed E-state index contributed by atoms with van der Waals surface area (Å²) in [6.45, 7) is 0. The molecule has 0 aliphatic carbocycles. The Balaban J connectivity index is 2.11. The summed E-state index contributed by atoms with van der Waals surface area (Å²) in [5.41, 5.74) is 0.939. The summed E-state index contributed by atoms with van der Waals surface area (Å²) in [6, 6.07) is 5.68. The van der Waals surface area contributed by atoms with E-state index in [-0.39, 0.29) is 6.04 Å². The van der Waals surface area contributed by atoms with Crippen LogP contribution in [0.5, 0.6) is 0 Å². The van der Waals surface area contributed by atoms with Gasteiger partial charge in [0.1, 0.15) is 0 Å². The molecular weight excluding hydrogens is 285 g/mol. The summed E-state index contributed by atoms with van der Waals surface area (Å²) in [4.78, 5) is 1.45. The number of hydrogen-bond donors (Lipinski definition) is 1. The van der Waals surface area contributed by atoms with Crippen molar-refractivity contribution in [3.63, 3.8) is 0 Å². The molecule has 0 saturated heterocycles. The van der Waals surface area contributed by atoms with Crippen LogP contribution in [-0.2, 0) is 19.9 Å². The van der Waals surface area contributed by atoms with Crippen LogP contribution in [-0.4, -0.2) is 33.3 Å². The summed E-state index contributed by atoms with van der Waals surface area (Å²) in [6.07, 6.45) is 1.39. The molecule has 5 nitrogen and oxygen atoms in total. The van der Waals surface area contributed by atoms with Crippen LogP contribution in [0.2, 0.25) is 10.0 Å². The lowest BCUT2D eigenvalue weighted by molar-refractivity contribution is 0.540. The first kappa shape index (κ1) is 14.2. The van der Waals surface area contributed by atoms with Crippen LogP contribution in [0.4, 0.5) is 0 Å². The third-order valence-electron chi connectivity index (χ3n) is 2.90. The lowest BCUT2D eigenvalue weighted by Gasteiger charge is -2.16. The molecule has 1 unspecified atom stereocenters. The standard InChI is InChI=1S/C12H15Cl2N5/c1-15-8(7-12-16-18-19(2)17-12)6-9-10(13)4-3-5-11(9)14/h3-5,8,15H,6-7H2,1-2H3. The van der Waals surface area contributed by atoms with Crippen molar-refractivity contribution in [1.82, 2.24) is 25.5 Å². The van der Waals surface area contributed by atoms with Gasteiger partial charge in [-0.15, -0.1) is 10.2 Å². The second-order valence-corrected chi connectivity index (χ2v) is 5.10. The van der Waals surface area contributed by atoms with Gasteiger partial charge in [-0.1, -0.05) is 29.3 Å². The van der Waals surface area contributed by atoms with Crippen LogP contribution in [0.15, 0.2) is 18.2 Å². The maximum atomic E-state index is 6.18. The van der Waals surface area contributed by atoms with Crippen molar-refractivity contribution in [2.24, 2.45) is 7.05 Å². The van der Waals surface area contributed by atoms with E-state index in [0.717, 1.165) is 5.56 Å². The highest BCUT2D eigenvalue weighted by atomic mass is 35.5. The van der Waals surface area contributed by atoms with Crippen LogP contribution in [0.3, 0.4) is 0 Å². The van der Waals surface area contributed by atoms with Gasteiger partial charge in [0.2, 0.25) is 0 Å². The van der Waals surface area contributed by atoms with Gasteiger partial charge in [-0.25, -0.2) is 0 Å². The van der Waals surface area contributed by atoms with Crippen molar-refractivity contribution in [2.45, 2.75) is 18.9 Å². The van der Waals surface area contributed by atoms with E-state index < -0.39 is 0 Å². The monoisotopic (exact) mass is 299 g/mol. The van der Waals surface area contributed by atoms with E-state index in [1.807, 2.05) is 25.2 Å². The van der Waals surface area contributed by atoms with Crippen molar-refractivity contribution in [2.75, 3.05) is 7.05 Å². The normalized spacial score (nSPS) is 12.6. The molecule has 1 heterocycles. The zero-order valence-electron chi connectivity index (χ0n) is 10.8. The highest BCUT2D eigenvalue weighted by Gasteiger charge is 2.15. The molecule has 1 aromatic heterocycles. The average molecular weight is 300 g/mol. The predicted octanol–water partition coefficient (Wildman–Crippen LogP) is 1.89. The Bertz CT molecular complexity index is 535. The summed E-state index contributed by atoms with van der Waals surface area (Å²) in [7, 11) is 3.64. The number of halogens is 2. The fraction of sp³-hybridized carbons (Fsp3) is 0.417. The Labute approximate surface area is 121 Å². The Hall–Kier alpha value is -1.17. The molecular formula is C12H15Cl2N5. The fourth-order valence-electron chi connectivity index (χ4n) is 1.88. The molecule has 0 radical (unpaired) electrons. The van der Waals surface area contributed by atoms with Crippen molar-refractivity contribution in [3.05, 3.63) is 39.6 Å². The summed E-state index contributed by atoms with van der Waals surface area (Å²) in [5.74, 6) is 0.699. The molecule has 1 aromatic carbocycles. The molecule has 102 valence electrons. The second-order valence-electron chi connectivity index (χ2n) is 4.29. The molecule has 19 heavy (non-hydrogen) atoms. The quantitative estimate of drug-likeness (QED) is 0.916. The van der Waals surface area contributed by atoms with Crippen molar-refractivity contribution in [1.29, 1.82) is 0 Å². The number of nitrogens with zero attached hydrogens (tertiary/aromatic N) is 4. The lowest BCUT2D eigenvalue weighted by atomic mass is 10.0. The third-order valence-corrected chi connectivity index (χ3v) is 3.61. The maximum Gasteiger partial charge on any atom is 0.176 e. The summed E-state index contributed by atoms with van der Waals surface area (Å²) in [5, 5.41) is 16.6. The van der Waals surface area contributed by atoms with E-state index in [9.17, 15) is 0 Å². The maximum absolute atomic E-state index is 6.18. The molecule has 0 fully saturated rings. The van der Waals surface area contributed by atoms with E-state index in [0.29, 0.717) is 28.7 Å². The number of aryl methyl sites for hydroxylation is 1.